The Bertz CT molecular complexity index is 1010. The van der Waals surface area contributed by atoms with Crippen LogP contribution in [0.1, 0.15) is 29.9 Å². The monoisotopic (exact) mass is 386 g/mol. The minimum absolute atomic E-state index is 0.0663. The number of nitrogens with zero attached hydrogens (tertiary/aromatic N) is 1. The third-order valence-electron chi connectivity index (χ3n) is 4.70. The largest absolute Gasteiger partial charge is 0.355 e. The highest BCUT2D eigenvalue weighted by molar-refractivity contribution is 7.91. The van der Waals surface area contributed by atoms with Gasteiger partial charge in [-0.2, -0.15) is 5.26 Å². The fourth-order valence-electron chi connectivity index (χ4n) is 3.39. The van der Waals surface area contributed by atoms with Crippen molar-refractivity contribution in [3.63, 3.8) is 0 Å². The fourth-order valence-corrected chi connectivity index (χ4v) is 4.77. The summed E-state index contributed by atoms with van der Waals surface area (Å²) < 4.78 is 39.6. The summed E-state index contributed by atoms with van der Waals surface area (Å²) in [5.41, 5.74) is 1.94. The summed E-state index contributed by atoms with van der Waals surface area (Å²) in [7, 11) is -3.92. The van der Waals surface area contributed by atoms with Crippen molar-refractivity contribution >= 4 is 15.8 Å². The van der Waals surface area contributed by atoms with E-state index in [1.165, 1.54) is 24.3 Å². The Labute approximate surface area is 157 Å². The summed E-state index contributed by atoms with van der Waals surface area (Å²) in [6, 6.07) is 10.3. The second kappa shape index (κ2) is 7.76. The first-order chi connectivity index (χ1) is 12.9. The van der Waals surface area contributed by atoms with Crippen LogP contribution in [0.15, 0.2) is 52.3 Å². The fraction of sp³-hybridized carbons (Fsp3) is 0.263. The number of halogens is 1. The first kappa shape index (κ1) is 18.9. The van der Waals surface area contributed by atoms with Crippen LogP contribution in [0, 0.1) is 22.7 Å². The molecule has 27 heavy (non-hydrogen) atoms. The first-order valence-electron chi connectivity index (χ1n) is 8.53. The predicted molar refractivity (Wildman–Crippen MR) is 98.5 cm³/mol. The van der Waals surface area contributed by atoms with Gasteiger partial charge in [-0.3, -0.25) is 10.7 Å². The molecule has 0 saturated heterocycles. The van der Waals surface area contributed by atoms with E-state index in [4.69, 9.17) is 10.7 Å². The molecule has 1 aliphatic rings. The Kier molecular flexibility index (Phi) is 5.42. The molecule has 0 bridgehead atoms. The van der Waals surface area contributed by atoms with Crippen molar-refractivity contribution in [2.45, 2.75) is 35.0 Å². The Morgan fingerprint density at radius 3 is 2.81 bits per heavy atom. The maximum atomic E-state index is 14.0. The van der Waals surface area contributed by atoms with Crippen molar-refractivity contribution in [3.8, 4) is 6.19 Å². The van der Waals surface area contributed by atoms with Gasteiger partial charge in [-0.15, -0.1) is 0 Å². The summed E-state index contributed by atoms with van der Waals surface area (Å²) in [5, 5.41) is 21.2. The van der Waals surface area contributed by atoms with Crippen LogP contribution in [0.25, 0.3) is 0 Å². The van der Waals surface area contributed by atoms with E-state index in [0.717, 1.165) is 36.5 Å². The van der Waals surface area contributed by atoms with E-state index in [1.54, 1.807) is 18.3 Å². The van der Waals surface area contributed by atoms with Gasteiger partial charge >= 0.3 is 0 Å². The van der Waals surface area contributed by atoms with Crippen LogP contribution < -0.4 is 10.6 Å². The van der Waals surface area contributed by atoms with Crippen LogP contribution in [-0.4, -0.2) is 20.9 Å². The Morgan fingerprint density at radius 1 is 1.30 bits per heavy atom. The Morgan fingerprint density at radius 2 is 2.07 bits per heavy atom. The van der Waals surface area contributed by atoms with Crippen LogP contribution in [0.2, 0.25) is 0 Å². The van der Waals surface area contributed by atoms with Gasteiger partial charge in [0, 0.05) is 12.5 Å². The number of rotatable bonds is 4. The summed E-state index contributed by atoms with van der Waals surface area (Å²) in [5.74, 6) is -0.719. The van der Waals surface area contributed by atoms with Gasteiger partial charge in [0.25, 0.3) is 0 Å². The summed E-state index contributed by atoms with van der Waals surface area (Å²) in [4.78, 5) is -0.242. The number of fused-ring (bicyclic) bond motifs is 1. The molecule has 0 heterocycles. The molecule has 0 fully saturated rings. The number of hydrogen-bond acceptors (Lipinski definition) is 4. The quantitative estimate of drug-likeness (QED) is 0.324. The molecule has 0 aromatic heterocycles. The van der Waals surface area contributed by atoms with Crippen LogP contribution in [0.5, 0.6) is 0 Å². The zero-order valence-corrected chi connectivity index (χ0v) is 15.3. The molecule has 1 atom stereocenters. The standard InChI is InChI=1S/C19H19FN4O2S/c20-17-6-1-2-7-18(17)27(25,26)15-8-9-16-13(10-15)4-3-5-14(16)11-23-19(22)24-12-21/h1-2,6-10,14H,3-5,11H2,(H3,22,23,24)/t14-/m0/s1. The number of benzene rings is 2. The highest BCUT2D eigenvalue weighted by Gasteiger charge is 2.25. The lowest BCUT2D eigenvalue weighted by Gasteiger charge is -2.26. The molecule has 0 aliphatic heterocycles. The molecule has 8 heteroatoms. The molecule has 2 aromatic rings. The van der Waals surface area contributed by atoms with Crippen molar-refractivity contribution in [2.75, 3.05) is 6.54 Å². The third-order valence-corrected chi connectivity index (χ3v) is 6.48. The lowest BCUT2D eigenvalue weighted by molar-refractivity contribution is 0.539. The topological polar surface area (TPSA) is 106 Å². The molecule has 6 nitrogen and oxygen atoms in total. The molecule has 0 amide bonds. The third kappa shape index (κ3) is 3.93. The summed E-state index contributed by atoms with van der Waals surface area (Å²) in [6.45, 7) is 0.472. The normalized spacial score (nSPS) is 16.1. The molecule has 1 aliphatic carbocycles. The predicted octanol–water partition coefficient (Wildman–Crippen LogP) is 2.67. The first-order valence-corrected chi connectivity index (χ1v) is 10.0. The van der Waals surface area contributed by atoms with E-state index in [2.05, 4.69) is 10.6 Å². The highest BCUT2D eigenvalue weighted by Crippen LogP contribution is 2.34. The van der Waals surface area contributed by atoms with Crippen LogP contribution in [0.4, 0.5) is 4.39 Å². The van der Waals surface area contributed by atoms with E-state index in [0.29, 0.717) is 6.54 Å². The van der Waals surface area contributed by atoms with Gasteiger partial charge in [-0.05, 0) is 54.7 Å². The maximum Gasteiger partial charge on any atom is 0.209 e. The Balaban J connectivity index is 1.88. The number of aryl methyl sites for hydroxylation is 1. The van der Waals surface area contributed by atoms with Gasteiger partial charge < -0.3 is 5.32 Å². The SMILES string of the molecule is N#CNC(=N)NC[C@@H]1CCCc2cc(S(=O)(=O)c3ccccc3F)ccc21. The van der Waals surface area contributed by atoms with Crippen LogP contribution >= 0.6 is 0 Å². The second-order valence-corrected chi connectivity index (χ2v) is 8.29. The molecular formula is C19H19FN4O2S. The van der Waals surface area contributed by atoms with Gasteiger partial charge in [0.1, 0.15) is 10.7 Å². The van der Waals surface area contributed by atoms with E-state index in [-0.39, 0.29) is 21.7 Å². The van der Waals surface area contributed by atoms with Crippen molar-refractivity contribution in [2.24, 2.45) is 0 Å². The van der Waals surface area contributed by atoms with Gasteiger partial charge in [0.05, 0.1) is 4.90 Å². The van der Waals surface area contributed by atoms with Crippen LogP contribution in [0.3, 0.4) is 0 Å². The number of nitrogens with one attached hydrogen (secondary N) is 3. The average Bonchev–Trinajstić information content (AvgIpc) is 2.66. The smallest absolute Gasteiger partial charge is 0.209 e. The maximum absolute atomic E-state index is 14.0. The molecule has 140 valence electrons. The molecular weight excluding hydrogens is 367 g/mol. The lowest BCUT2D eigenvalue weighted by Crippen LogP contribution is -2.36. The zero-order valence-electron chi connectivity index (χ0n) is 14.5. The molecule has 0 radical (unpaired) electrons. The van der Waals surface area contributed by atoms with E-state index >= 15 is 0 Å². The molecule has 0 saturated carbocycles. The van der Waals surface area contributed by atoms with Crippen molar-refractivity contribution < 1.29 is 12.8 Å². The van der Waals surface area contributed by atoms with Crippen molar-refractivity contribution in [1.29, 1.82) is 10.7 Å². The summed E-state index contributed by atoms with van der Waals surface area (Å²) in [6.07, 6.45) is 4.23. The number of sulfone groups is 1. The van der Waals surface area contributed by atoms with Crippen LogP contribution in [-0.2, 0) is 16.3 Å². The van der Waals surface area contributed by atoms with Gasteiger partial charge in [-0.1, -0.05) is 18.2 Å². The van der Waals surface area contributed by atoms with E-state index in [1.807, 2.05) is 0 Å². The molecule has 2 aromatic carbocycles. The minimum Gasteiger partial charge on any atom is -0.355 e. The number of hydrogen-bond donors (Lipinski definition) is 3. The summed E-state index contributed by atoms with van der Waals surface area (Å²) >= 11 is 0. The van der Waals surface area contributed by atoms with Gasteiger partial charge in [-0.25, -0.2) is 12.8 Å². The van der Waals surface area contributed by atoms with Crippen molar-refractivity contribution in [3.05, 3.63) is 59.4 Å². The molecule has 0 spiro atoms. The Hall–Kier alpha value is -2.92. The average molecular weight is 386 g/mol. The lowest BCUT2D eigenvalue weighted by atomic mass is 9.83. The van der Waals surface area contributed by atoms with Gasteiger partial charge in [0.15, 0.2) is 6.19 Å². The van der Waals surface area contributed by atoms with E-state index < -0.39 is 15.7 Å². The molecule has 3 N–H and O–H groups in total. The number of guanidine groups is 1. The van der Waals surface area contributed by atoms with E-state index in [9.17, 15) is 12.8 Å². The number of nitriles is 1. The van der Waals surface area contributed by atoms with Crippen molar-refractivity contribution in [1.82, 2.24) is 10.6 Å². The molecule has 0 unspecified atom stereocenters. The van der Waals surface area contributed by atoms with Gasteiger partial charge in [0.2, 0.25) is 15.8 Å². The zero-order chi connectivity index (χ0) is 19.4. The second-order valence-electron chi connectivity index (χ2n) is 6.38. The minimum atomic E-state index is -3.92. The highest BCUT2D eigenvalue weighted by atomic mass is 32.2. The molecule has 3 rings (SSSR count).